The quantitative estimate of drug-likeness (QED) is 0.443. The normalized spacial score (nSPS) is 9.00. The highest BCUT2D eigenvalue weighted by Gasteiger charge is 1.93. The molecule has 0 aliphatic heterocycles. The van der Waals surface area contributed by atoms with Crippen molar-refractivity contribution in [2.24, 2.45) is 0 Å². The molecule has 0 heterocycles. The van der Waals surface area contributed by atoms with E-state index in [4.69, 9.17) is 12.7 Å². The molecule has 6 heteroatoms. The number of halogens is 1. The van der Waals surface area contributed by atoms with E-state index in [1.807, 2.05) is 0 Å². The van der Waals surface area contributed by atoms with Gasteiger partial charge in [0.25, 0.3) is 0 Å². The van der Waals surface area contributed by atoms with Gasteiger partial charge in [0.05, 0.1) is 20.6 Å². The summed E-state index contributed by atoms with van der Waals surface area (Å²) in [5.74, 6) is -0.176. The maximum Gasteiger partial charge on any atom is 0.320 e. The maximum atomic E-state index is 10.3. The smallest absolute Gasteiger partial charge is 0.320 e. The second kappa shape index (κ2) is 11.6. The Morgan fingerprint density at radius 2 is 1.92 bits per heavy atom. The summed E-state index contributed by atoms with van der Waals surface area (Å²) in [7, 11) is 2.64. The molecule has 0 N–H and O–H groups in total. The number of hydrogen-bond acceptors (Lipinski definition) is 5. The minimum atomic E-state index is -0.392. The van der Waals surface area contributed by atoms with Crippen molar-refractivity contribution in [2.45, 2.75) is 6.42 Å². The molecule has 0 rings (SSSR count). The van der Waals surface area contributed by atoms with Crippen LogP contribution in [0.5, 0.6) is 0 Å². The number of rotatable bonds is 4. The third-order valence-electron chi connectivity index (χ3n) is 0.871. The van der Waals surface area contributed by atoms with Crippen LogP contribution in [0.25, 0.3) is 0 Å². The van der Waals surface area contributed by atoms with E-state index in [0.717, 1.165) is 12.5 Å². The number of carbonyl (C=O) groups is 2. The molecule has 0 saturated heterocycles. The largest absolute Gasteiger partial charge is 0.469 e. The van der Waals surface area contributed by atoms with Gasteiger partial charge in [-0.05, 0) is 0 Å². The van der Waals surface area contributed by atoms with Gasteiger partial charge in [-0.1, -0.05) is 0 Å². The minimum Gasteiger partial charge on any atom is -0.469 e. The maximum absolute atomic E-state index is 10.3. The molecule has 0 radical (unpaired) electrons. The Bertz CT molecular complexity index is 162. The van der Waals surface area contributed by atoms with Gasteiger partial charge in [0, 0.05) is 5.75 Å². The van der Waals surface area contributed by atoms with Gasteiger partial charge in [-0.2, -0.15) is 12.5 Å². The van der Waals surface area contributed by atoms with E-state index in [1.54, 1.807) is 0 Å². The van der Waals surface area contributed by atoms with Crippen LogP contribution in [-0.2, 0) is 19.1 Å². The monoisotopic (exact) mass is 230 g/mol. The second-order valence-corrected chi connectivity index (χ2v) is 2.42. The van der Waals surface area contributed by atoms with Crippen molar-refractivity contribution < 1.29 is 19.1 Å². The molecule has 13 heavy (non-hydrogen) atoms. The Morgan fingerprint density at radius 1 is 1.38 bits per heavy atom. The van der Waals surface area contributed by atoms with Crippen molar-refractivity contribution in [1.82, 2.24) is 0 Å². The highest BCUT2D eigenvalue weighted by molar-refractivity contribution is 7.80. The molecule has 0 aromatic rings. The van der Waals surface area contributed by atoms with Crippen LogP contribution in [0, 0.1) is 0 Å². The van der Waals surface area contributed by atoms with Gasteiger partial charge in [-0.15, -0.1) is 11.6 Å². The van der Waals surface area contributed by atoms with Crippen LogP contribution in [-0.4, -0.2) is 38.9 Å². The molecule has 0 saturated carbocycles. The molecule has 4 nitrogen and oxygen atoms in total. The highest BCUT2D eigenvalue weighted by atomic mass is 35.5. The van der Waals surface area contributed by atoms with Crippen LogP contribution < -0.4 is 0 Å². The van der Waals surface area contributed by atoms with Crippen molar-refractivity contribution >= 4 is 36.1 Å². The van der Waals surface area contributed by atoms with E-state index in [1.165, 1.54) is 14.2 Å². The lowest BCUT2D eigenvalue weighted by Gasteiger charge is -1.90. The van der Waals surface area contributed by atoms with Crippen molar-refractivity contribution in [3.05, 3.63) is 0 Å². The summed E-state index contributed by atoms with van der Waals surface area (Å²) in [6.07, 6.45) is 0.338. The molecule has 0 aromatic heterocycles. The van der Waals surface area contributed by atoms with E-state index in [2.05, 4.69) is 9.47 Å². The molecule has 0 amide bonds. The summed E-state index contributed by atoms with van der Waals surface area (Å²) >= 11 is 5.87. The van der Waals surface area contributed by atoms with Gasteiger partial charge in [0.15, 0.2) is 0 Å². The lowest BCUT2D eigenvalue weighted by Crippen LogP contribution is -1.99. The van der Waals surface area contributed by atoms with Crippen LogP contribution in [0.15, 0.2) is 0 Å². The Kier molecular flexibility index (Phi) is 11.2. The lowest BCUT2D eigenvalue weighted by atomic mass is 10.5. The van der Waals surface area contributed by atoms with Gasteiger partial charge in [0.1, 0.15) is 7.00 Å². The molecular formula is C7H13ClO4S. The molecule has 0 spiro atoms. The third-order valence-corrected chi connectivity index (χ3v) is 1.29. The average molecular weight is 231 g/mol. The van der Waals surface area contributed by atoms with Gasteiger partial charge in [0.2, 0.25) is 0 Å². The molecular weight excluding hydrogens is 216 g/mol. The van der Waals surface area contributed by atoms with E-state index < -0.39 is 5.97 Å². The first-order valence-electron chi connectivity index (χ1n) is 3.80. The fraction of sp³-hybridized carbons (Fsp3) is 0.714. The number of ether oxygens (including phenoxy) is 2. The summed E-state index contributed by atoms with van der Waals surface area (Å²) in [5, 5.41) is 0. The summed E-state index contributed by atoms with van der Waals surface area (Å²) in [6.45, 7) is 0. The van der Waals surface area contributed by atoms with Gasteiger partial charge < -0.3 is 9.47 Å². The van der Waals surface area contributed by atoms with E-state index in [0.29, 0.717) is 12.2 Å². The Labute approximate surface area is 89.0 Å². The van der Waals surface area contributed by atoms with Crippen LogP contribution in [0.1, 0.15) is 6.42 Å². The van der Waals surface area contributed by atoms with Gasteiger partial charge in [-0.25, -0.2) is 0 Å². The van der Waals surface area contributed by atoms with E-state index in [-0.39, 0.29) is 11.8 Å². The van der Waals surface area contributed by atoms with Crippen molar-refractivity contribution in [2.75, 3.05) is 25.9 Å². The first-order chi connectivity index (χ1) is 6.62. The summed E-state index contributed by atoms with van der Waals surface area (Å²) in [5.41, 5.74) is 0. The van der Waals surface area contributed by atoms with Crippen molar-refractivity contribution in [3.63, 3.8) is 0 Å². The molecule has 0 atom stereocenters. The van der Waals surface area contributed by atoms with Crippen LogP contribution in [0.2, 0.25) is 0 Å². The summed E-state index contributed by atoms with van der Waals surface area (Å²) < 4.78 is 15.0. The van der Waals surface area contributed by atoms with Crippen LogP contribution >= 0.6 is 24.1 Å². The fourth-order valence-corrected chi connectivity index (χ4v) is 0.516. The minimum absolute atomic E-state index is 0.0590. The zero-order valence-electron chi connectivity index (χ0n) is 8.54. The zero-order valence-corrected chi connectivity index (χ0v) is 9.11. The molecule has 0 aliphatic carbocycles. The third kappa shape index (κ3) is 14.4. The predicted octanol–water partition coefficient (Wildman–Crippen LogP) is 0.877. The lowest BCUT2D eigenvalue weighted by molar-refractivity contribution is -0.140. The number of carbonyl (C=O) groups excluding carboxylic acids is 2. The van der Waals surface area contributed by atoms with Crippen molar-refractivity contribution in [1.29, 1.82) is 1.12 Å². The SMILES string of the molecule is COC(=O)CCl.[3H]SCCC(=O)OC. The number of thiol groups is 1. The average Bonchev–Trinajstić information content (AvgIpc) is 2.25. The fourth-order valence-electron chi connectivity index (χ4n) is 0.240. The van der Waals surface area contributed by atoms with Gasteiger partial charge >= 0.3 is 11.9 Å². The highest BCUT2D eigenvalue weighted by Crippen LogP contribution is 1.84. The van der Waals surface area contributed by atoms with Crippen LogP contribution in [0.3, 0.4) is 0 Å². The van der Waals surface area contributed by atoms with E-state index in [9.17, 15) is 9.59 Å². The number of alkyl halides is 1. The molecule has 0 fully saturated rings. The van der Waals surface area contributed by atoms with E-state index >= 15 is 0 Å². The molecule has 0 aromatic carbocycles. The molecule has 78 valence electrons. The van der Waals surface area contributed by atoms with Crippen LogP contribution in [0.4, 0.5) is 0 Å². The first-order valence-corrected chi connectivity index (χ1v) is 4.51. The molecule has 0 unspecified atom stereocenters. The number of hydrogen-bond donors (Lipinski definition) is 1. The zero-order chi connectivity index (χ0) is 11.4. The Hall–Kier alpha value is -0.420. The first kappa shape index (κ1) is 12.6. The Balaban J connectivity index is 0. The summed E-state index contributed by atoms with van der Waals surface area (Å²) in [4.78, 5) is 20.1. The number of esters is 2. The molecule has 0 aliphatic rings. The molecule has 0 bridgehead atoms. The number of methoxy groups -OCH3 is 2. The second-order valence-electron chi connectivity index (χ2n) is 1.74. The standard InChI is InChI=1S/C4H8O2S.C3H5ClO2/c1-6-4(5)2-3-7;1-6-3(5)2-4/h7H,2-3H2,1H3;2H2,1H3/i/hT. The summed E-state index contributed by atoms with van der Waals surface area (Å²) in [6, 6.07) is 0. The topological polar surface area (TPSA) is 52.6 Å². The Morgan fingerprint density at radius 3 is 2.15 bits per heavy atom. The van der Waals surface area contributed by atoms with Gasteiger partial charge in [-0.3, -0.25) is 9.59 Å². The predicted molar refractivity (Wildman–Crippen MR) is 53.2 cm³/mol. The van der Waals surface area contributed by atoms with Crippen molar-refractivity contribution in [3.8, 4) is 0 Å².